The zero-order valence-corrected chi connectivity index (χ0v) is 7.47. The molecule has 0 aliphatic carbocycles. The van der Waals surface area contributed by atoms with Crippen LogP contribution in [0.3, 0.4) is 0 Å². The Labute approximate surface area is 73.5 Å². The van der Waals surface area contributed by atoms with Crippen LogP contribution in [0.5, 0.6) is 0 Å². The van der Waals surface area contributed by atoms with Crippen LogP contribution in [0.25, 0.3) is 0 Å². The quantitative estimate of drug-likeness (QED) is 0.588. The van der Waals surface area contributed by atoms with Crippen molar-refractivity contribution in [2.24, 2.45) is 0 Å². The van der Waals surface area contributed by atoms with Gasteiger partial charge in [0.05, 0.1) is 0 Å². The second-order valence-electron chi connectivity index (χ2n) is 2.70. The summed E-state index contributed by atoms with van der Waals surface area (Å²) in [5.41, 5.74) is 0. The van der Waals surface area contributed by atoms with E-state index in [9.17, 15) is 9.00 Å². The minimum Gasteiger partial charge on any atom is -0.324 e. The molecule has 0 radical (unpaired) electrons. The lowest BCUT2D eigenvalue weighted by Crippen LogP contribution is -2.43. The van der Waals surface area contributed by atoms with Gasteiger partial charge in [0.25, 0.3) is 11.3 Å². The van der Waals surface area contributed by atoms with Gasteiger partial charge in [-0.2, -0.15) is 0 Å². The summed E-state index contributed by atoms with van der Waals surface area (Å²) in [7, 11) is 0. The fourth-order valence-electron chi connectivity index (χ4n) is 1.24. The van der Waals surface area contributed by atoms with E-state index in [1.165, 1.54) is 0 Å². The average Bonchev–Trinajstić information content (AvgIpc) is 2.05. The summed E-state index contributed by atoms with van der Waals surface area (Å²) in [6.45, 7) is 1.37. The van der Waals surface area contributed by atoms with Crippen LogP contribution in [0.15, 0.2) is 0 Å². The van der Waals surface area contributed by atoms with Crippen molar-refractivity contribution >= 4 is 17.3 Å². The lowest BCUT2D eigenvalue weighted by molar-refractivity contribution is 0.192. The molecule has 0 spiro atoms. The van der Waals surface area contributed by atoms with Gasteiger partial charge in [-0.3, -0.25) is 4.55 Å². The highest BCUT2D eigenvalue weighted by Gasteiger charge is 2.16. The van der Waals surface area contributed by atoms with Crippen molar-refractivity contribution in [2.45, 2.75) is 19.3 Å². The number of hydrogen-bond acceptors (Lipinski definition) is 2. The summed E-state index contributed by atoms with van der Waals surface area (Å²) < 4.78 is 20.5. The smallest absolute Gasteiger partial charge is 0.324 e. The van der Waals surface area contributed by atoms with E-state index < -0.39 is 17.3 Å². The Morgan fingerprint density at radius 3 is 2.42 bits per heavy atom. The molecule has 0 aromatic heterocycles. The van der Waals surface area contributed by atoms with E-state index in [4.69, 9.17) is 4.55 Å². The molecule has 0 saturated carbocycles. The van der Waals surface area contributed by atoms with Crippen molar-refractivity contribution in [1.82, 2.24) is 9.62 Å². The van der Waals surface area contributed by atoms with Crippen molar-refractivity contribution < 1.29 is 13.6 Å². The zero-order chi connectivity index (χ0) is 8.97. The molecule has 5 nitrogen and oxygen atoms in total. The molecule has 0 aromatic rings. The van der Waals surface area contributed by atoms with Gasteiger partial charge in [-0.05, 0) is 19.3 Å². The first-order chi connectivity index (χ1) is 5.70. The number of nitrogens with zero attached hydrogens (tertiary/aromatic N) is 1. The normalized spacial score (nSPS) is 20.2. The van der Waals surface area contributed by atoms with Crippen LogP contribution in [0, 0.1) is 0 Å². The molecular weight excluding hydrogens is 180 g/mol. The first kappa shape index (κ1) is 9.47. The summed E-state index contributed by atoms with van der Waals surface area (Å²) in [6.07, 6.45) is 3.09. The fourth-order valence-corrected chi connectivity index (χ4v) is 1.51. The summed E-state index contributed by atoms with van der Waals surface area (Å²) in [4.78, 5) is 12.6. The van der Waals surface area contributed by atoms with E-state index >= 15 is 0 Å². The number of carbonyl (C=O) groups is 1. The highest BCUT2D eigenvalue weighted by atomic mass is 32.2. The number of piperidine rings is 1. The van der Waals surface area contributed by atoms with Crippen molar-refractivity contribution in [3.8, 4) is 0 Å². The monoisotopic (exact) mass is 192 g/mol. The van der Waals surface area contributed by atoms with Crippen LogP contribution in [0.2, 0.25) is 0 Å². The number of nitrogens with one attached hydrogen (secondary N) is 1. The minimum absolute atomic E-state index is 0.449. The number of rotatable bonds is 1. The van der Waals surface area contributed by atoms with Gasteiger partial charge in [-0.15, -0.1) is 0 Å². The molecule has 1 heterocycles. The van der Waals surface area contributed by atoms with Crippen LogP contribution < -0.4 is 4.72 Å². The predicted molar refractivity (Wildman–Crippen MR) is 44.7 cm³/mol. The molecule has 6 heteroatoms. The van der Waals surface area contributed by atoms with Crippen molar-refractivity contribution in [1.29, 1.82) is 0 Å². The Kier molecular flexibility index (Phi) is 3.48. The van der Waals surface area contributed by atoms with Crippen LogP contribution in [-0.4, -0.2) is 32.8 Å². The molecule has 0 aromatic carbocycles. The Hall–Kier alpha value is -0.620. The lowest BCUT2D eigenvalue weighted by Gasteiger charge is -2.25. The topological polar surface area (TPSA) is 69.6 Å². The van der Waals surface area contributed by atoms with Crippen molar-refractivity contribution in [2.75, 3.05) is 13.1 Å². The standard InChI is InChI=1S/C6H12N2O3S/c9-6(7-12(10)11)8-4-2-1-3-5-8/h1-5H2,(H,7,9)(H,10,11). The molecule has 12 heavy (non-hydrogen) atoms. The SMILES string of the molecule is O=C(NS(=O)O)N1CCCCC1. The minimum atomic E-state index is -2.24. The van der Waals surface area contributed by atoms with Crippen LogP contribution >= 0.6 is 0 Å². The second kappa shape index (κ2) is 4.42. The summed E-state index contributed by atoms with van der Waals surface area (Å²) in [5, 5.41) is 0. The van der Waals surface area contributed by atoms with Gasteiger partial charge in [0.1, 0.15) is 0 Å². The first-order valence-corrected chi connectivity index (χ1v) is 4.97. The van der Waals surface area contributed by atoms with Crippen LogP contribution in [0.1, 0.15) is 19.3 Å². The van der Waals surface area contributed by atoms with E-state index in [0.717, 1.165) is 19.3 Å². The van der Waals surface area contributed by atoms with E-state index in [0.29, 0.717) is 13.1 Å². The summed E-state index contributed by atoms with van der Waals surface area (Å²) >= 11 is -2.24. The van der Waals surface area contributed by atoms with E-state index in [-0.39, 0.29) is 0 Å². The summed E-state index contributed by atoms with van der Waals surface area (Å²) in [6, 6.07) is -0.449. The summed E-state index contributed by atoms with van der Waals surface area (Å²) in [5.74, 6) is 0. The molecule has 1 rings (SSSR count). The molecule has 0 bridgehead atoms. The van der Waals surface area contributed by atoms with E-state index in [1.54, 1.807) is 4.90 Å². The lowest BCUT2D eigenvalue weighted by atomic mass is 10.1. The number of amides is 2. The van der Waals surface area contributed by atoms with Crippen molar-refractivity contribution in [3.05, 3.63) is 0 Å². The highest BCUT2D eigenvalue weighted by molar-refractivity contribution is 7.77. The Bertz CT molecular complexity index is 191. The number of carbonyl (C=O) groups excluding carboxylic acids is 1. The van der Waals surface area contributed by atoms with Crippen LogP contribution in [0.4, 0.5) is 4.79 Å². The molecular formula is C6H12N2O3S. The third-order valence-electron chi connectivity index (χ3n) is 1.82. The fraction of sp³-hybridized carbons (Fsp3) is 0.833. The van der Waals surface area contributed by atoms with Gasteiger partial charge in [0, 0.05) is 13.1 Å². The molecule has 2 amide bonds. The van der Waals surface area contributed by atoms with Gasteiger partial charge >= 0.3 is 6.03 Å². The molecule has 1 atom stereocenters. The van der Waals surface area contributed by atoms with Gasteiger partial charge in [-0.25, -0.2) is 13.7 Å². The van der Waals surface area contributed by atoms with Gasteiger partial charge < -0.3 is 4.90 Å². The molecule has 70 valence electrons. The molecule has 1 aliphatic heterocycles. The highest BCUT2D eigenvalue weighted by Crippen LogP contribution is 2.08. The van der Waals surface area contributed by atoms with Crippen molar-refractivity contribution in [3.63, 3.8) is 0 Å². The Balaban J connectivity index is 2.34. The number of likely N-dealkylation sites (tertiary alicyclic amines) is 1. The van der Waals surface area contributed by atoms with Crippen LogP contribution in [-0.2, 0) is 11.3 Å². The predicted octanol–water partition coefficient (Wildman–Crippen LogP) is 0.319. The largest absolute Gasteiger partial charge is 0.330 e. The molecule has 1 fully saturated rings. The van der Waals surface area contributed by atoms with E-state index in [2.05, 4.69) is 0 Å². The third-order valence-corrected chi connectivity index (χ3v) is 2.17. The maximum atomic E-state index is 11.1. The maximum Gasteiger partial charge on any atom is 0.330 e. The maximum absolute atomic E-state index is 11.1. The molecule has 1 unspecified atom stereocenters. The Morgan fingerprint density at radius 1 is 1.33 bits per heavy atom. The molecule has 1 saturated heterocycles. The first-order valence-electron chi connectivity index (χ1n) is 3.86. The van der Waals surface area contributed by atoms with Gasteiger partial charge in [0.2, 0.25) is 0 Å². The number of urea groups is 1. The number of hydrogen-bond donors (Lipinski definition) is 2. The average molecular weight is 192 g/mol. The second-order valence-corrected chi connectivity index (χ2v) is 3.41. The van der Waals surface area contributed by atoms with E-state index in [1.807, 2.05) is 4.72 Å². The third kappa shape index (κ3) is 2.78. The Morgan fingerprint density at radius 2 is 1.92 bits per heavy atom. The molecule has 2 N–H and O–H groups in total. The van der Waals surface area contributed by atoms with Gasteiger partial charge in [-0.1, -0.05) is 0 Å². The molecule has 1 aliphatic rings. The zero-order valence-electron chi connectivity index (χ0n) is 6.65. The van der Waals surface area contributed by atoms with Gasteiger partial charge in [0.15, 0.2) is 0 Å².